The number of nitrogens with zero attached hydrogens (tertiary/aromatic N) is 3. The first-order chi connectivity index (χ1) is 8.68. The lowest BCUT2D eigenvalue weighted by Gasteiger charge is -2.35. The molecule has 1 aromatic carbocycles. The van der Waals surface area contributed by atoms with Gasteiger partial charge in [0.15, 0.2) is 0 Å². The third kappa shape index (κ3) is 1.62. The second-order valence-corrected chi connectivity index (χ2v) is 5.08. The summed E-state index contributed by atoms with van der Waals surface area (Å²) < 4.78 is 2.14. The Bertz CT molecular complexity index is 557. The Hall–Kier alpha value is -1.77. The number of hydrogen-bond donors (Lipinski definition) is 0. The number of aryl methyl sites for hydroxylation is 2. The molecule has 0 spiro atoms. The van der Waals surface area contributed by atoms with Gasteiger partial charge in [0.1, 0.15) is 5.82 Å². The Kier molecular flexibility index (Phi) is 2.62. The predicted molar refractivity (Wildman–Crippen MR) is 73.9 cm³/mol. The zero-order chi connectivity index (χ0) is 12.7. The SMILES string of the molecule is Cc1nn2c(c1C)N(C)C(c1ccccc1)CC2. The highest BCUT2D eigenvalue weighted by molar-refractivity contribution is 5.52. The second kappa shape index (κ2) is 4.16. The molecule has 3 nitrogen and oxygen atoms in total. The van der Waals surface area contributed by atoms with E-state index < -0.39 is 0 Å². The minimum absolute atomic E-state index is 0.466. The van der Waals surface area contributed by atoms with Crippen molar-refractivity contribution >= 4 is 5.82 Å². The predicted octanol–water partition coefficient (Wildman–Crippen LogP) is 3.08. The summed E-state index contributed by atoms with van der Waals surface area (Å²) in [6, 6.07) is 11.2. The van der Waals surface area contributed by atoms with Gasteiger partial charge in [-0.3, -0.25) is 0 Å². The molecule has 0 bridgehead atoms. The van der Waals surface area contributed by atoms with Crippen LogP contribution in [0, 0.1) is 13.8 Å². The molecule has 0 amide bonds. The smallest absolute Gasteiger partial charge is 0.130 e. The van der Waals surface area contributed by atoms with Gasteiger partial charge in [-0.2, -0.15) is 5.10 Å². The molecular weight excluding hydrogens is 222 g/mol. The highest BCUT2D eigenvalue weighted by Gasteiger charge is 2.27. The first-order valence-electron chi connectivity index (χ1n) is 6.50. The molecule has 3 rings (SSSR count). The summed E-state index contributed by atoms with van der Waals surface area (Å²) in [6.07, 6.45) is 1.12. The lowest BCUT2D eigenvalue weighted by molar-refractivity contribution is 0.455. The average molecular weight is 241 g/mol. The summed E-state index contributed by atoms with van der Waals surface area (Å²) in [4.78, 5) is 2.37. The molecule has 2 heterocycles. The Labute approximate surface area is 108 Å². The van der Waals surface area contributed by atoms with Crippen molar-refractivity contribution in [2.45, 2.75) is 32.9 Å². The van der Waals surface area contributed by atoms with Crippen molar-refractivity contribution in [3.8, 4) is 0 Å². The molecule has 0 aliphatic carbocycles. The monoisotopic (exact) mass is 241 g/mol. The fourth-order valence-corrected chi connectivity index (χ4v) is 2.91. The van der Waals surface area contributed by atoms with E-state index in [2.05, 4.69) is 65.9 Å². The van der Waals surface area contributed by atoms with E-state index in [1.165, 1.54) is 16.9 Å². The van der Waals surface area contributed by atoms with Gasteiger partial charge in [0.25, 0.3) is 0 Å². The molecule has 1 aromatic heterocycles. The zero-order valence-electron chi connectivity index (χ0n) is 11.2. The molecule has 1 atom stereocenters. The quantitative estimate of drug-likeness (QED) is 0.765. The third-order valence-corrected chi connectivity index (χ3v) is 3.99. The number of aromatic nitrogens is 2. The van der Waals surface area contributed by atoms with Gasteiger partial charge in [-0.15, -0.1) is 0 Å². The van der Waals surface area contributed by atoms with Crippen LogP contribution in [0.3, 0.4) is 0 Å². The van der Waals surface area contributed by atoms with Crippen LogP contribution < -0.4 is 4.90 Å². The molecule has 0 saturated carbocycles. The molecule has 0 radical (unpaired) electrons. The molecular formula is C15H19N3. The van der Waals surface area contributed by atoms with Gasteiger partial charge in [0.05, 0.1) is 11.7 Å². The average Bonchev–Trinajstić information content (AvgIpc) is 2.67. The van der Waals surface area contributed by atoms with E-state index in [1.807, 2.05) is 0 Å². The largest absolute Gasteiger partial charge is 0.353 e. The Balaban J connectivity index is 2.01. The van der Waals surface area contributed by atoms with Crippen LogP contribution in [0.25, 0.3) is 0 Å². The summed E-state index contributed by atoms with van der Waals surface area (Å²) in [5.74, 6) is 1.27. The van der Waals surface area contributed by atoms with Crippen molar-refractivity contribution in [1.29, 1.82) is 0 Å². The lowest BCUT2D eigenvalue weighted by Crippen LogP contribution is -2.32. The summed E-state index contributed by atoms with van der Waals surface area (Å²) in [7, 11) is 2.18. The van der Waals surface area contributed by atoms with E-state index in [9.17, 15) is 0 Å². The van der Waals surface area contributed by atoms with Crippen LogP contribution in [0.1, 0.15) is 29.3 Å². The molecule has 1 unspecified atom stereocenters. The van der Waals surface area contributed by atoms with Crippen LogP contribution >= 0.6 is 0 Å². The standard InChI is InChI=1S/C15H19N3/c1-11-12(2)16-18-10-9-14(17(3)15(11)18)13-7-5-4-6-8-13/h4-8,14H,9-10H2,1-3H3. The maximum Gasteiger partial charge on any atom is 0.130 e. The Morgan fingerprint density at radius 2 is 1.89 bits per heavy atom. The second-order valence-electron chi connectivity index (χ2n) is 5.08. The van der Waals surface area contributed by atoms with Gasteiger partial charge in [0.2, 0.25) is 0 Å². The summed E-state index contributed by atoms with van der Waals surface area (Å²) >= 11 is 0. The van der Waals surface area contributed by atoms with Crippen LogP contribution in [-0.2, 0) is 6.54 Å². The maximum atomic E-state index is 4.60. The van der Waals surface area contributed by atoms with E-state index in [4.69, 9.17) is 0 Å². The molecule has 0 fully saturated rings. The number of rotatable bonds is 1. The van der Waals surface area contributed by atoms with Gasteiger partial charge in [0, 0.05) is 19.2 Å². The molecule has 0 N–H and O–H groups in total. The van der Waals surface area contributed by atoms with Crippen LogP contribution in [0.4, 0.5) is 5.82 Å². The van der Waals surface area contributed by atoms with Crippen molar-refractivity contribution in [2.24, 2.45) is 0 Å². The molecule has 18 heavy (non-hydrogen) atoms. The van der Waals surface area contributed by atoms with Gasteiger partial charge in [-0.1, -0.05) is 30.3 Å². The lowest BCUT2D eigenvalue weighted by atomic mass is 10.0. The first-order valence-corrected chi connectivity index (χ1v) is 6.50. The Morgan fingerprint density at radius 1 is 1.17 bits per heavy atom. The number of fused-ring (bicyclic) bond motifs is 1. The normalized spacial score (nSPS) is 18.8. The van der Waals surface area contributed by atoms with E-state index in [0.717, 1.165) is 18.7 Å². The molecule has 2 aromatic rings. The van der Waals surface area contributed by atoms with E-state index >= 15 is 0 Å². The van der Waals surface area contributed by atoms with Crippen LogP contribution in [-0.4, -0.2) is 16.8 Å². The van der Waals surface area contributed by atoms with Crippen LogP contribution in [0.2, 0.25) is 0 Å². The summed E-state index contributed by atoms with van der Waals surface area (Å²) in [6.45, 7) is 5.26. The summed E-state index contributed by atoms with van der Waals surface area (Å²) in [5, 5.41) is 4.60. The fourth-order valence-electron chi connectivity index (χ4n) is 2.91. The third-order valence-electron chi connectivity index (χ3n) is 3.99. The van der Waals surface area contributed by atoms with Gasteiger partial charge < -0.3 is 4.90 Å². The van der Waals surface area contributed by atoms with Gasteiger partial charge in [-0.25, -0.2) is 4.68 Å². The fraction of sp³-hybridized carbons (Fsp3) is 0.400. The number of hydrogen-bond acceptors (Lipinski definition) is 2. The van der Waals surface area contributed by atoms with E-state index in [0.29, 0.717) is 6.04 Å². The number of benzene rings is 1. The van der Waals surface area contributed by atoms with Crippen molar-refractivity contribution < 1.29 is 0 Å². The van der Waals surface area contributed by atoms with Crippen molar-refractivity contribution in [2.75, 3.05) is 11.9 Å². The summed E-state index contributed by atoms with van der Waals surface area (Å²) in [5.41, 5.74) is 3.84. The maximum absolute atomic E-state index is 4.60. The Morgan fingerprint density at radius 3 is 2.61 bits per heavy atom. The molecule has 3 heteroatoms. The van der Waals surface area contributed by atoms with Crippen LogP contribution in [0.5, 0.6) is 0 Å². The minimum Gasteiger partial charge on any atom is -0.353 e. The highest BCUT2D eigenvalue weighted by atomic mass is 15.4. The van der Waals surface area contributed by atoms with E-state index in [1.54, 1.807) is 0 Å². The van der Waals surface area contributed by atoms with Crippen molar-refractivity contribution in [3.63, 3.8) is 0 Å². The molecule has 0 saturated heterocycles. The minimum atomic E-state index is 0.466. The first kappa shape index (κ1) is 11.3. The van der Waals surface area contributed by atoms with Crippen molar-refractivity contribution in [1.82, 2.24) is 9.78 Å². The van der Waals surface area contributed by atoms with Gasteiger partial charge in [-0.05, 0) is 25.8 Å². The topological polar surface area (TPSA) is 21.1 Å². The van der Waals surface area contributed by atoms with Crippen LogP contribution in [0.15, 0.2) is 30.3 Å². The zero-order valence-corrected chi connectivity index (χ0v) is 11.2. The number of anilines is 1. The molecule has 1 aliphatic heterocycles. The highest BCUT2D eigenvalue weighted by Crippen LogP contribution is 2.36. The molecule has 1 aliphatic rings. The molecule has 94 valence electrons. The van der Waals surface area contributed by atoms with Crippen molar-refractivity contribution in [3.05, 3.63) is 47.2 Å². The van der Waals surface area contributed by atoms with Gasteiger partial charge >= 0.3 is 0 Å². The van der Waals surface area contributed by atoms with E-state index in [-0.39, 0.29) is 0 Å².